The van der Waals surface area contributed by atoms with Crippen molar-refractivity contribution in [1.29, 1.82) is 0 Å². The van der Waals surface area contributed by atoms with Crippen molar-refractivity contribution >= 4 is 35.0 Å². The Balaban J connectivity index is 1.58. The van der Waals surface area contributed by atoms with Crippen LogP contribution in [0, 0.1) is 13.8 Å². The highest BCUT2D eigenvalue weighted by Gasteiger charge is 2.46. The van der Waals surface area contributed by atoms with Gasteiger partial charge in [-0.2, -0.15) is 5.10 Å². The van der Waals surface area contributed by atoms with Crippen molar-refractivity contribution in [3.8, 4) is 0 Å². The largest absolute Gasteiger partial charge is 0.323 e. The number of carbonyl (C=O) groups is 2. The summed E-state index contributed by atoms with van der Waals surface area (Å²) in [7, 11) is 0. The van der Waals surface area contributed by atoms with Crippen LogP contribution in [0.2, 0.25) is 0 Å². The summed E-state index contributed by atoms with van der Waals surface area (Å²) >= 11 is 1.26. The Morgan fingerprint density at radius 3 is 2.59 bits per heavy atom. The summed E-state index contributed by atoms with van der Waals surface area (Å²) in [5.41, 5.74) is 4.08. The predicted octanol–water partition coefficient (Wildman–Crippen LogP) is 3.99. The zero-order valence-electron chi connectivity index (χ0n) is 16.5. The highest BCUT2D eigenvalue weighted by atomic mass is 32.2. The normalized spacial score (nSPS) is 18.1. The summed E-state index contributed by atoms with van der Waals surface area (Å²) in [6.07, 6.45) is 0. The maximum Gasteiger partial charge on any atom is 0.250 e. The van der Waals surface area contributed by atoms with E-state index < -0.39 is 4.75 Å². The number of rotatable bonds is 4. The number of carbonyl (C=O) groups excluding carboxylic acids is 2. The van der Waals surface area contributed by atoms with Crippen LogP contribution in [0.15, 0.2) is 59.5 Å². The molecule has 6 nitrogen and oxygen atoms in total. The first-order chi connectivity index (χ1) is 13.9. The fraction of sp³-hybridized carbons (Fsp3) is 0.227. The van der Waals surface area contributed by atoms with Gasteiger partial charge in [-0.05, 0) is 38.5 Å². The van der Waals surface area contributed by atoms with Gasteiger partial charge < -0.3 is 10.6 Å². The van der Waals surface area contributed by atoms with Crippen LogP contribution in [-0.2, 0) is 16.1 Å². The third kappa shape index (κ3) is 3.53. The van der Waals surface area contributed by atoms with Crippen LogP contribution < -0.4 is 10.6 Å². The molecule has 7 heteroatoms. The maximum absolute atomic E-state index is 13.2. The van der Waals surface area contributed by atoms with Crippen LogP contribution in [0.4, 0.5) is 11.4 Å². The molecule has 0 spiro atoms. The lowest BCUT2D eigenvalue weighted by Crippen LogP contribution is -2.49. The number of aryl methyl sites for hydroxylation is 1. The van der Waals surface area contributed by atoms with E-state index in [9.17, 15) is 9.59 Å². The summed E-state index contributed by atoms with van der Waals surface area (Å²) in [5, 5.41) is 10.4. The molecule has 2 aromatic carbocycles. The second kappa shape index (κ2) is 7.40. The van der Waals surface area contributed by atoms with Gasteiger partial charge in [-0.15, -0.1) is 0 Å². The average molecular weight is 407 g/mol. The van der Waals surface area contributed by atoms with Gasteiger partial charge in [0, 0.05) is 4.90 Å². The molecular weight excluding hydrogens is 384 g/mol. The average Bonchev–Trinajstić information content (AvgIpc) is 2.97. The number of amides is 2. The molecule has 0 fully saturated rings. The molecule has 148 valence electrons. The van der Waals surface area contributed by atoms with Crippen LogP contribution in [0.5, 0.6) is 0 Å². The summed E-state index contributed by atoms with van der Waals surface area (Å²) in [6, 6.07) is 17.5. The molecule has 29 heavy (non-hydrogen) atoms. The number of thioether (sulfide) groups is 1. The van der Waals surface area contributed by atoms with E-state index in [1.54, 1.807) is 6.92 Å². The van der Waals surface area contributed by atoms with Crippen molar-refractivity contribution < 1.29 is 9.59 Å². The zero-order valence-corrected chi connectivity index (χ0v) is 17.3. The van der Waals surface area contributed by atoms with Gasteiger partial charge in [-0.1, -0.05) is 54.2 Å². The third-order valence-corrected chi connectivity index (χ3v) is 6.47. The Labute approximate surface area is 173 Å². The van der Waals surface area contributed by atoms with E-state index in [0.717, 1.165) is 27.5 Å². The molecule has 1 atom stereocenters. The number of benzene rings is 2. The molecule has 0 bridgehead atoms. The Hall–Kier alpha value is -3.06. The summed E-state index contributed by atoms with van der Waals surface area (Å²) in [5.74, 6) is -0.689. The SMILES string of the molecule is Cc1nn(Cc2ccccc2)c(C)c1NC(=O)C1(C)Sc2ccccc2NC1=O. The Morgan fingerprint density at radius 2 is 1.83 bits per heavy atom. The summed E-state index contributed by atoms with van der Waals surface area (Å²) < 4.78 is 0.598. The summed E-state index contributed by atoms with van der Waals surface area (Å²) in [6.45, 7) is 6.04. The molecule has 3 aromatic rings. The number of hydrogen-bond donors (Lipinski definition) is 2. The summed E-state index contributed by atoms with van der Waals surface area (Å²) in [4.78, 5) is 26.7. The van der Waals surface area contributed by atoms with Crippen molar-refractivity contribution in [2.24, 2.45) is 0 Å². The number of aromatic nitrogens is 2. The monoisotopic (exact) mass is 406 g/mol. The van der Waals surface area contributed by atoms with Gasteiger partial charge in [0.15, 0.2) is 4.75 Å². The zero-order chi connectivity index (χ0) is 20.6. The Kier molecular flexibility index (Phi) is 4.92. The molecule has 1 aliphatic rings. The van der Waals surface area contributed by atoms with Gasteiger partial charge in [0.05, 0.1) is 29.3 Å². The van der Waals surface area contributed by atoms with Crippen molar-refractivity contribution in [3.05, 3.63) is 71.5 Å². The lowest BCUT2D eigenvalue weighted by atomic mass is 10.1. The topological polar surface area (TPSA) is 76.0 Å². The number of nitrogens with zero attached hydrogens (tertiary/aromatic N) is 2. The Bertz CT molecular complexity index is 1090. The first-order valence-electron chi connectivity index (χ1n) is 9.37. The van der Waals surface area contributed by atoms with Crippen LogP contribution in [-0.4, -0.2) is 26.3 Å². The molecule has 1 unspecified atom stereocenters. The number of hydrogen-bond acceptors (Lipinski definition) is 4. The molecule has 0 aliphatic carbocycles. The van der Waals surface area contributed by atoms with E-state index in [0.29, 0.717) is 12.2 Å². The molecule has 0 saturated carbocycles. The van der Waals surface area contributed by atoms with Crippen molar-refractivity contribution in [1.82, 2.24) is 9.78 Å². The Morgan fingerprint density at radius 1 is 1.14 bits per heavy atom. The van der Waals surface area contributed by atoms with Gasteiger partial charge in [-0.25, -0.2) is 0 Å². The molecule has 0 radical (unpaired) electrons. The number of nitrogens with one attached hydrogen (secondary N) is 2. The van der Waals surface area contributed by atoms with Crippen molar-refractivity contribution in [3.63, 3.8) is 0 Å². The fourth-order valence-electron chi connectivity index (χ4n) is 3.34. The predicted molar refractivity (Wildman–Crippen MR) is 115 cm³/mol. The minimum Gasteiger partial charge on any atom is -0.323 e. The van der Waals surface area contributed by atoms with Gasteiger partial charge in [0.2, 0.25) is 11.8 Å². The molecule has 4 rings (SSSR count). The molecule has 2 heterocycles. The van der Waals surface area contributed by atoms with E-state index >= 15 is 0 Å². The van der Waals surface area contributed by atoms with Crippen molar-refractivity contribution in [2.75, 3.05) is 10.6 Å². The quantitative estimate of drug-likeness (QED) is 0.643. The highest BCUT2D eigenvalue weighted by Crippen LogP contribution is 2.43. The molecular formula is C22H22N4O2S. The first-order valence-corrected chi connectivity index (χ1v) is 10.2. The van der Waals surface area contributed by atoms with E-state index in [1.807, 2.05) is 73.1 Å². The molecule has 0 saturated heterocycles. The lowest BCUT2D eigenvalue weighted by Gasteiger charge is -2.31. The molecule has 1 aliphatic heterocycles. The van der Waals surface area contributed by atoms with E-state index in [2.05, 4.69) is 15.7 Å². The minimum absolute atomic E-state index is 0.328. The van der Waals surface area contributed by atoms with Crippen LogP contribution >= 0.6 is 11.8 Å². The van der Waals surface area contributed by atoms with Gasteiger partial charge in [0.25, 0.3) is 0 Å². The minimum atomic E-state index is -1.27. The van der Waals surface area contributed by atoms with Crippen LogP contribution in [0.1, 0.15) is 23.9 Å². The van der Waals surface area contributed by atoms with Gasteiger partial charge in [-0.3, -0.25) is 14.3 Å². The van der Waals surface area contributed by atoms with Crippen LogP contribution in [0.3, 0.4) is 0 Å². The standard InChI is InChI=1S/C22H22N4O2S/c1-14-19(15(2)26(25-14)13-16-9-5-4-6-10-16)24-21(28)22(3)20(27)23-17-11-7-8-12-18(17)29-22/h4-12H,13H2,1-3H3,(H,23,27)(H,24,28). The molecule has 2 amide bonds. The molecule has 2 N–H and O–H groups in total. The highest BCUT2D eigenvalue weighted by molar-refractivity contribution is 8.02. The fourth-order valence-corrected chi connectivity index (χ4v) is 4.44. The number of para-hydroxylation sites is 1. The lowest BCUT2D eigenvalue weighted by molar-refractivity contribution is -0.126. The van der Waals surface area contributed by atoms with E-state index in [1.165, 1.54) is 11.8 Å². The smallest absolute Gasteiger partial charge is 0.250 e. The van der Waals surface area contributed by atoms with E-state index in [4.69, 9.17) is 0 Å². The maximum atomic E-state index is 13.2. The number of anilines is 2. The molecule has 1 aromatic heterocycles. The third-order valence-electron chi connectivity index (χ3n) is 5.11. The van der Waals surface area contributed by atoms with Gasteiger partial charge >= 0.3 is 0 Å². The van der Waals surface area contributed by atoms with Crippen LogP contribution in [0.25, 0.3) is 0 Å². The second-order valence-corrected chi connectivity index (χ2v) is 8.69. The van der Waals surface area contributed by atoms with Crippen molar-refractivity contribution in [2.45, 2.75) is 37.0 Å². The van der Waals surface area contributed by atoms with E-state index in [-0.39, 0.29) is 11.8 Å². The first kappa shape index (κ1) is 19.3. The second-order valence-electron chi connectivity index (χ2n) is 7.23. The number of fused-ring (bicyclic) bond motifs is 1. The van der Waals surface area contributed by atoms with Gasteiger partial charge in [0.1, 0.15) is 0 Å².